The predicted octanol–water partition coefficient (Wildman–Crippen LogP) is 4.03. The van der Waals surface area contributed by atoms with Gasteiger partial charge in [-0.1, -0.05) is 42.8 Å². The topological polar surface area (TPSA) is 84.3 Å². The highest BCUT2D eigenvalue weighted by Gasteiger charge is 2.34. The van der Waals surface area contributed by atoms with E-state index < -0.39 is 0 Å². The lowest BCUT2D eigenvalue weighted by Crippen LogP contribution is -2.30. The molecule has 2 heterocycles. The Kier molecular flexibility index (Phi) is 6.44. The second-order valence-corrected chi connectivity index (χ2v) is 7.99. The van der Waals surface area contributed by atoms with Gasteiger partial charge in [0, 0.05) is 25.2 Å². The number of anilines is 1. The Morgan fingerprint density at radius 1 is 0.906 bits per heavy atom. The van der Waals surface area contributed by atoms with Gasteiger partial charge in [-0.05, 0) is 43.0 Å². The van der Waals surface area contributed by atoms with Crippen LogP contribution in [0.15, 0.2) is 60.8 Å². The first-order valence-electron chi connectivity index (χ1n) is 10.9. The normalized spacial score (nSPS) is 12.8. The number of fused-ring (bicyclic) bond motifs is 1. The number of hydrogen-bond donors (Lipinski definition) is 1. The summed E-state index contributed by atoms with van der Waals surface area (Å²) in [7, 11) is 0. The van der Waals surface area contributed by atoms with E-state index in [9.17, 15) is 14.4 Å². The lowest BCUT2D eigenvalue weighted by molar-refractivity contribution is -0.116. The van der Waals surface area contributed by atoms with Crippen LogP contribution in [0.25, 0.3) is 0 Å². The van der Waals surface area contributed by atoms with E-state index in [1.165, 1.54) is 16.0 Å². The fraction of sp³-hybridized carbons (Fsp3) is 0.280. The molecule has 7 nitrogen and oxygen atoms in total. The molecule has 32 heavy (non-hydrogen) atoms. The van der Waals surface area contributed by atoms with Crippen LogP contribution in [-0.4, -0.2) is 38.9 Å². The van der Waals surface area contributed by atoms with Crippen molar-refractivity contribution in [1.29, 1.82) is 0 Å². The molecule has 0 saturated heterocycles. The van der Waals surface area contributed by atoms with Gasteiger partial charge < -0.3 is 5.32 Å². The van der Waals surface area contributed by atoms with Crippen molar-refractivity contribution in [2.75, 3.05) is 11.9 Å². The Morgan fingerprint density at radius 3 is 2.31 bits per heavy atom. The van der Waals surface area contributed by atoms with Crippen LogP contribution in [-0.2, 0) is 11.3 Å². The van der Waals surface area contributed by atoms with Gasteiger partial charge in [0.1, 0.15) is 0 Å². The Hall–Kier alpha value is -3.74. The third kappa shape index (κ3) is 4.77. The zero-order valence-electron chi connectivity index (χ0n) is 18.1. The highest BCUT2D eigenvalue weighted by molar-refractivity contribution is 6.21. The fourth-order valence-electron chi connectivity index (χ4n) is 3.86. The van der Waals surface area contributed by atoms with Crippen LogP contribution in [0.5, 0.6) is 0 Å². The highest BCUT2D eigenvalue weighted by Crippen LogP contribution is 2.22. The number of amides is 3. The van der Waals surface area contributed by atoms with Crippen LogP contribution in [0, 0.1) is 6.92 Å². The summed E-state index contributed by atoms with van der Waals surface area (Å²) in [5.41, 5.74) is 3.33. The molecule has 3 aromatic rings. The Bertz CT molecular complexity index is 1120. The van der Waals surface area contributed by atoms with E-state index in [2.05, 4.69) is 29.5 Å². The van der Waals surface area contributed by atoms with Crippen molar-refractivity contribution < 1.29 is 14.4 Å². The van der Waals surface area contributed by atoms with Gasteiger partial charge in [0.15, 0.2) is 5.82 Å². The minimum absolute atomic E-state index is 0.0909. The van der Waals surface area contributed by atoms with Gasteiger partial charge in [0.05, 0.1) is 17.7 Å². The molecule has 7 heteroatoms. The van der Waals surface area contributed by atoms with E-state index in [4.69, 9.17) is 0 Å². The first-order chi connectivity index (χ1) is 15.5. The van der Waals surface area contributed by atoms with Crippen molar-refractivity contribution in [3.8, 4) is 0 Å². The van der Waals surface area contributed by atoms with Crippen LogP contribution < -0.4 is 5.32 Å². The summed E-state index contributed by atoms with van der Waals surface area (Å²) in [4.78, 5) is 38.2. The lowest BCUT2D eigenvalue weighted by Gasteiger charge is -2.13. The molecule has 0 fully saturated rings. The maximum Gasteiger partial charge on any atom is 0.261 e. The van der Waals surface area contributed by atoms with E-state index in [0.29, 0.717) is 49.3 Å². The van der Waals surface area contributed by atoms with Gasteiger partial charge in [-0.15, -0.1) is 0 Å². The van der Waals surface area contributed by atoms with E-state index in [0.717, 1.165) is 6.42 Å². The first-order valence-corrected chi connectivity index (χ1v) is 10.9. The number of nitrogens with one attached hydrogen (secondary N) is 1. The monoisotopic (exact) mass is 430 g/mol. The zero-order valence-corrected chi connectivity index (χ0v) is 18.1. The van der Waals surface area contributed by atoms with Gasteiger partial charge in [-0.25, -0.2) is 0 Å². The Balaban J connectivity index is 1.17. The number of aromatic nitrogens is 2. The van der Waals surface area contributed by atoms with Crippen LogP contribution in [0.1, 0.15) is 57.5 Å². The predicted molar refractivity (Wildman–Crippen MR) is 121 cm³/mol. The maximum atomic E-state index is 12.4. The molecule has 1 aliphatic rings. The molecule has 0 bridgehead atoms. The van der Waals surface area contributed by atoms with Crippen molar-refractivity contribution in [1.82, 2.24) is 14.7 Å². The van der Waals surface area contributed by atoms with E-state index in [1.807, 2.05) is 18.3 Å². The van der Waals surface area contributed by atoms with Crippen molar-refractivity contribution in [2.45, 2.75) is 39.2 Å². The first kappa shape index (κ1) is 21.5. The SMILES string of the molecule is Cc1ccccc1Cn1ccc(NC(=O)CCCCCN2C(=O)c3ccccc3C2=O)n1. The summed E-state index contributed by atoms with van der Waals surface area (Å²) >= 11 is 0. The van der Waals surface area contributed by atoms with Crippen molar-refractivity contribution >= 4 is 23.5 Å². The molecule has 164 valence electrons. The van der Waals surface area contributed by atoms with E-state index in [1.54, 1.807) is 35.0 Å². The summed E-state index contributed by atoms with van der Waals surface area (Å²) in [5, 5.41) is 7.25. The van der Waals surface area contributed by atoms with Crippen LogP contribution in [0.3, 0.4) is 0 Å². The number of carbonyl (C=O) groups is 3. The fourth-order valence-corrected chi connectivity index (χ4v) is 3.86. The van der Waals surface area contributed by atoms with Crippen LogP contribution in [0.4, 0.5) is 5.82 Å². The third-order valence-corrected chi connectivity index (χ3v) is 5.67. The number of nitrogens with zero attached hydrogens (tertiary/aromatic N) is 3. The van der Waals surface area contributed by atoms with E-state index >= 15 is 0 Å². The Labute approximate surface area is 187 Å². The minimum atomic E-state index is -0.232. The molecule has 1 N–H and O–H groups in total. The molecular weight excluding hydrogens is 404 g/mol. The van der Waals surface area contributed by atoms with Gasteiger partial charge in [-0.3, -0.25) is 24.0 Å². The number of rotatable bonds is 9. The number of benzene rings is 2. The molecular formula is C25H26N4O3. The maximum absolute atomic E-state index is 12.4. The molecule has 3 amide bonds. The molecule has 1 aromatic heterocycles. The molecule has 4 rings (SSSR count). The van der Waals surface area contributed by atoms with Gasteiger partial charge in [0.2, 0.25) is 5.91 Å². The third-order valence-electron chi connectivity index (χ3n) is 5.67. The zero-order chi connectivity index (χ0) is 22.5. The van der Waals surface area contributed by atoms with Crippen molar-refractivity contribution in [2.24, 2.45) is 0 Å². The lowest BCUT2D eigenvalue weighted by atomic mass is 10.1. The molecule has 0 radical (unpaired) electrons. The summed E-state index contributed by atoms with van der Waals surface area (Å²) in [6.45, 7) is 3.09. The number of imide groups is 1. The van der Waals surface area contributed by atoms with Crippen molar-refractivity contribution in [3.05, 3.63) is 83.0 Å². The molecule has 0 unspecified atom stereocenters. The quantitative estimate of drug-likeness (QED) is 0.410. The molecule has 0 saturated carbocycles. The van der Waals surface area contributed by atoms with Gasteiger partial charge in [-0.2, -0.15) is 5.10 Å². The van der Waals surface area contributed by atoms with Gasteiger partial charge >= 0.3 is 0 Å². The summed E-state index contributed by atoms with van der Waals surface area (Å²) in [5.74, 6) is -0.0178. The smallest absolute Gasteiger partial charge is 0.261 e. The molecule has 1 aliphatic heterocycles. The number of hydrogen-bond acceptors (Lipinski definition) is 4. The average molecular weight is 431 g/mol. The summed E-state index contributed by atoms with van der Waals surface area (Å²) in [6.07, 6.45) is 4.32. The standard InChI is InChI=1S/C25H26N4O3/c1-18-9-4-5-10-19(18)17-28-16-14-22(27-28)26-23(30)13-3-2-8-15-29-24(31)20-11-6-7-12-21(20)25(29)32/h4-7,9-12,14,16H,2-3,8,13,15,17H2,1H3,(H,26,27,30). The number of aryl methyl sites for hydroxylation is 1. The average Bonchev–Trinajstić information content (AvgIpc) is 3.32. The second-order valence-electron chi connectivity index (χ2n) is 7.99. The molecule has 0 atom stereocenters. The summed E-state index contributed by atoms with van der Waals surface area (Å²) in [6, 6.07) is 16.8. The van der Waals surface area contributed by atoms with Crippen LogP contribution in [0.2, 0.25) is 0 Å². The second kappa shape index (κ2) is 9.60. The number of unbranched alkanes of at least 4 members (excludes halogenated alkanes) is 2. The molecule has 2 aromatic carbocycles. The summed E-state index contributed by atoms with van der Waals surface area (Å²) < 4.78 is 1.81. The largest absolute Gasteiger partial charge is 0.309 e. The highest BCUT2D eigenvalue weighted by atomic mass is 16.2. The molecule has 0 aliphatic carbocycles. The number of carbonyl (C=O) groups excluding carboxylic acids is 3. The molecule has 0 spiro atoms. The van der Waals surface area contributed by atoms with Crippen LogP contribution >= 0.6 is 0 Å². The Morgan fingerprint density at radius 2 is 1.59 bits per heavy atom. The van der Waals surface area contributed by atoms with Crippen molar-refractivity contribution in [3.63, 3.8) is 0 Å². The van der Waals surface area contributed by atoms with E-state index in [-0.39, 0.29) is 17.7 Å². The minimum Gasteiger partial charge on any atom is -0.309 e. The van der Waals surface area contributed by atoms with Gasteiger partial charge in [0.25, 0.3) is 11.8 Å².